The van der Waals surface area contributed by atoms with Crippen LogP contribution in [0.2, 0.25) is 0 Å². The Labute approximate surface area is 114 Å². The van der Waals surface area contributed by atoms with Crippen molar-refractivity contribution in [1.82, 2.24) is 5.32 Å². The van der Waals surface area contributed by atoms with Gasteiger partial charge in [-0.25, -0.2) is 0 Å². The van der Waals surface area contributed by atoms with Crippen molar-refractivity contribution in [2.45, 2.75) is 39.7 Å². The summed E-state index contributed by atoms with van der Waals surface area (Å²) in [5.74, 6) is 0.354. The molecule has 19 heavy (non-hydrogen) atoms. The molecule has 0 amide bonds. The maximum Gasteiger partial charge on any atom is 0.310 e. The molecule has 0 aromatic heterocycles. The first kappa shape index (κ1) is 15.4. The highest BCUT2D eigenvalue weighted by atomic mass is 16.6. The molecular formula is C14H22N2O3. The molecule has 0 aliphatic rings. The van der Waals surface area contributed by atoms with E-state index >= 15 is 0 Å². The van der Waals surface area contributed by atoms with E-state index in [1.54, 1.807) is 12.1 Å². The van der Waals surface area contributed by atoms with Gasteiger partial charge in [-0.2, -0.15) is 0 Å². The molecule has 0 radical (unpaired) electrons. The van der Waals surface area contributed by atoms with Crippen LogP contribution in [0.3, 0.4) is 0 Å². The monoisotopic (exact) mass is 266 g/mol. The maximum atomic E-state index is 10.9. The van der Waals surface area contributed by atoms with Crippen LogP contribution in [0.15, 0.2) is 18.2 Å². The third-order valence-electron chi connectivity index (χ3n) is 2.81. The number of nitrogens with zero attached hydrogens (tertiary/aromatic N) is 1. The SMILES string of the molecule is CCCNC(C)Cc1ccc([N+](=O)[O-])c(OCC)c1. The molecule has 1 atom stereocenters. The smallest absolute Gasteiger partial charge is 0.310 e. The second-order valence-electron chi connectivity index (χ2n) is 4.55. The molecule has 5 nitrogen and oxygen atoms in total. The summed E-state index contributed by atoms with van der Waals surface area (Å²) < 4.78 is 5.34. The Hall–Kier alpha value is -1.62. The number of hydrogen-bond donors (Lipinski definition) is 1. The van der Waals surface area contributed by atoms with E-state index in [0.29, 0.717) is 18.4 Å². The van der Waals surface area contributed by atoms with Crippen molar-refractivity contribution in [3.05, 3.63) is 33.9 Å². The zero-order chi connectivity index (χ0) is 14.3. The van der Waals surface area contributed by atoms with Crippen LogP contribution in [0.4, 0.5) is 5.69 Å². The fraction of sp³-hybridized carbons (Fsp3) is 0.571. The number of nitro groups is 1. The number of rotatable bonds is 8. The normalized spacial score (nSPS) is 12.2. The van der Waals surface area contributed by atoms with Crippen LogP contribution in [0.5, 0.6) is 5.75 Å². The Morgan fingerprint density at radius 2 is 2.16 bits per heavy atom. The van der Waals surface area contributed by atoms with E-state index in [0.717, 1.165) is 24.9 Å². The maximum absolute atomic E-state index is 10.9. The number of benzene rings is 1. The average molecular weight is 266 g/mol. The van der Waals surface area contributed by atoms with Crippen LogP contribution >= 0.6 is 0 Å². The summed E-state index contributed by atoms with van der Waals surface area (Å²) >= 11 is 0. The number of nitrogens with one attached hydrogen (secondary N) is 1. The van der Waals surface area contributed by atoms with E-state index in [4.69, 9.17) is 4.74 Å². The Morgan fingerprint density at radius 3 is 2.74 bits per heavy atom. The topological polar surface area (TPSA) is 64.4 Å². The standard InChI is InChI=1S/C14H22N2O3/c1-4-8-15-11(3)9-12-6-7-13(16(17)18)14(10-12)19-5-2/h6-7,10-11,15H,4-5,8-9H2,1-3H3. The summed E-state index contributed by atoms with van der Waals surface area (Å²) in [5.41, 5.74) is 1.07. The first-order chi connectivity index (χ1) is 9.08. The Bertz CT molecular complexity index is 421. The van der Waals surface area contributed by atoms with Crippen molar-refractivity contribution in [2.75, 3.05) is 13.2 Å². The average Bonchev–Trinajstić information content (AvgIpc) is 2.36. The van der Waals surface area contributed by atoms with Gasteiger partial charge in [-0.3, -0.25) is 10.1 Å². The minimum atomic E-state index is -0.409. The molecule has 0 fully saturated rings. The van der Waals surface area contributed by atoms with Gasteiger partial charge < -0.3 is 10.1 Å². The Morgan fingerprint density at radius 1 is 1.42 bits per heavy atom. The van der Waals surface area contributed by atoms with Crippen LogP contribution in [-0.4, -0.2) is 24.1 Å². The van der Waals surface area contributed by atoms with Gasteiger partial charge in [0.05, 0.1) is 11.5 Å². The molecule has 106 valence electrons. The third kappa shape index (κ3) is 4.87. The molecule has 0 saturated heterocycles. The molecular weight excluding hydrogens is 244 g/mol. The second-order valence-corrected chi connectivity index (χ2v) is 4.55. The number of hydrogen-bond acceptors (Lipinski definition) is 4. The summed E-state index contributed by atoms with van der Waals surface area (Å²) in [4.78, 5) is 10.5. The van der Waals surface area contributed by atoms with E-state index in [-0.39, 0.29) is 5.69 Å². The highest BCUT2D eigenvalue weighted by Gasteiger charge is 2.15. The molecule has 0 bridgehead atoms. The predicted octanol–water partition coefficient (Wildman–Crippen LogP) is 2.92. The summed E-state index contributed by atoms with van der Waals surface area (Å²) in [5, 5.41) is 14.3. The third-order valence-corrected chi connectivity index (χ3v) is 2.81. The van der Waals surface area contributed by atoms with Gasteiger partial charge >= 0.3 is 5.69 Å². The molecule has 1 aromatic rings. The summed E-state index contributed by atoms with van der Waals surface area (Å²) in [6, 6.07) is 5.43. The molecule has 1 rings (SSSR count). The van der Waals surface area contributed by atoms with Gasteiger partial charge in [-0.1, -0.05) is 13.0 Å². The van der Waals surface area contributed by atoms with E-state index < -0.39 is 4.92 Å². The predicted molar refractivity (Wildman–Crippen MR) is 75.7 cm³/mol. The molecule has 0 spiro atoms. The largest absolute Gasteiger partial charge is 0.487 e. The lowest BCUT2D eigenvalue weighted by Gasteiger charge is -2.14. The lowest BCUT2D eigenvalue weighted by Crippen LogP contribution is -2.28. The van der Waals surface area contributed by atoms with E-state index in [9.17, 15) is 10.1 Å². The molecule has 1 unspecified atom stereocenters. The van der Waals surface area contributed by atoms with Crippen molar-refractivity contribution < 1.29 is 9.66 Å². The minimum absolute atomic E-state index is 0.0276. The van der Waals surface area contributed by atoms with Gasteiger partial charge in [-0.05, 0) is 44.9 Å². The van der Waals surface area contributed by atoms with Gasteiger partial charge in [0, 0.05) is 12.1 Å². The zero-order valence-electron chi connectivity index (χ0n) is 11.8. The van der Waals surface area contributed by atoms with Crippen molar-refractivity contribution in [2.24, 2.45) is 0 Å². The first-order valence-corrected chi connectivity index (χ1v) is 6.72. The zero-order valence-corrected chi connectivity index (χ0v) is 11.8. The molecule has 1 aromatic carbocycles. The van der Waals surface area contributed by atoms with Gasteiger partial charge in [0.1, 0.15) is 0 Å². The molecule has 0 aliphatic heterocycles. The first-order valence-electron chi connectivity index (χ1n) is 6.72. The van der Waals surface area contributed by atoms with Crippen LogP contribution in [0.25, 0.3) is 0 Å². The van der Waals surface area contributed by atoms with Gasteiger partial charge in [-0.15, -0.1) is 0 Å². The highest BCUT2D eigenvalue weighted by Crippen LogP contribution is 2.28. The lowest BCUT2D eigenvalue weighted by molar-refractivity contribution is -0.385. The van der Waals surface area contributed by atoms with Crippen molar-refractivity contribution >= 4 is 5.69 Å². The summed E-state index contributed by atoms with van der Waals surface area (Å²) in [6.45, 7) is 7.46. The van der Waals surface area contributed by atoms with Crippen molar-refractivity contribution in [3.63, 3.8) is 0 Å². The van der Waals surface area contributed by atoms with Gasteiger partial charge in [0.15, 0.2) is 5.75 Å². The van der Waals surface area contributed by atoms with Crippen molar-refractivity contribution in [1.29, 1.82) is 0 Å². The molecule has 5 heteroatoms. The van der Waals surface area contributed by atoms with Crippen LogP contribution in [0, 0.1) is 10.1 Å². The molecule has 1 N–H and O–H groups in total. The second kappa shape index (κ2) is 7.74. The molecule has 0 aliphatic carbocycles. The van der Waals surface area contributed by atoms with Gasteiger partial charge in [0.25, 0.3) is 0 Å². The Kier molecular flexibility index (Phi) is 6.29. The quantitative estimate of drug-likeness (QED) is 0.580. The van der Waals surface area contributed by atoms with E-state index in [1.807, 2.05) is 6.92 Å². The highest BCUT2D eigenvalue weighted by molar-refractivity contribution is 5.48. The number of ether oxygens (including phenoxy) is 1. The van der Waals surface area contributed by atoms with E-state index in [2.05, 4.69) is 19.2 Å². The fourth-order valence-corrected chi connectivity index (χ4v) is 1.92. The van der Waals surface area contributed by atoms with Crippen molar-refractivity contribution in [3.8, 4) is 5.75 Å². The van der Waals surface area contributed by atoms with E-state index in [1.165, 1.54) is 6.07 Å². The van der Waals surface area contributed by atoms with Crippen LogP contribution in [-0.2, 0) is 6.42 Å². The lowest BCUT2D eigenvalue weighted by atomic mass is 10.1. The minimum Gasteiger partial charge on any atom is -0.487 e. The summed E-state index contributed by atoms with van der Waals surface area (Å²) in [6.07, 6.45) is 1.92. The Balaban J connectivity index is 2.80. The molecule has 0 heterocycles. The van der Waals surface area contributed by atoms with Gasteiger partial charge in [0.2, 0.25) is 0 Å². The van der Waals surface area contributed by atoms with Crippen LogP contribution in [0.1, 0.15) is 32.8 Å². The fourth-order valence-electron chi connectivity index (χ4n) is 1.92. The number of nitro benzene ring substituents is 1. The molecule has 0 saturated carbocycles. The summed E-state index contributed by atoms with van der Waals surface area (Å²) in [7, 11) is 0. The van der Waals surface area contributed by atoms with Crippen LogP contribution < -0.4 is 10.1 Å².